The van der Waals surface area contributed by atoms with E-state index in [1.807, 2.05) is 9.80 Å². The van der Waals surface area contributed by atoms with Gasteiger partial charge in [0.05, 0.1) is 0 Å². The van der Waals surface area contributed by atoms with E-state index in [2.05, 4.69) is 12.2 Å². The summed E-state index contributed by atoms with van der Waals surface area (Å²) in [6.45, 7) is 6.73. The summed E-state index contributed by atoms with van der Waals surface area (Å²) in [6.07, 6.45) is 3.02. The van der Waals surface area contributed by atoms with Gasteiger partial charge in [0.2, 0.25) is 5.91 Å². The summed E-state index contributed by atoms with van der Waals surface area (Å²) in [4.78, 5) is 28.9. The molecule has 150 valence electrons. The largest absolute Gasteiger partial charge is 0.339 e. The van der Waals surface area contributed by atoms with Gasteiger partial charge in [0.25, 0.3) is 5.91 Å². The zero-order chi connectivity index (χ0) is 18.5. The number of nitrogens with one attached hydrogen (secondary N) is 1. The maximum Gasteiger partial charge on any atom is 0.253 e. The smallest absolute Gasteiger partial charge is 0.253 e. The third kappa shape index (κ3) is 5.84. The average molecular weight is 414 g/mol. The molecule has 7 heteroatoms. The molecule has 2 unspecified atom stereocenters. The van der Waals surface area contributed by atoms with E-state index >= 15 is 0 Å². The number of halogens is 2. The van der Waals surface area contributed by atoms with E-state index in [4.69, 9.17) is 11.6 Å². The van der Waals surface area contributed by atoms with Crippen molar-refractivity contribution < 1.29 is 9.59 Å². The molecule has 0 aliphatic carbocycles. The molecule has 2 atom stereocenters. The fraction of sp³-hybridized carbons (Fsp3) is 0.600. The van der Waals surface area contributed by atoms with Crippen molar-refractivity contribution in [1.82, 2.24) is 15.1 Å². The highest BCUT2D eigenvalue weighted by Gasteiger charge is 2.28. The van der Waals surface area contributed by atoms with Gasteiger partial charge in [0.15, 0.2) is 0 Å². The Labute approximate surface area is 172 Å². The predicted octanol–water partition coefficient (Wildman–Crippen LogP) is 3.07. The van der Waals surface area contributed by atoms with Crippen LogP contribution in [0.15, 0.2) is 24.3 Å². The molecule has 0 radical (unpaired) electrons. The van der Waals surface area contributed by atoms with Crippen LogP contribution in [0.5, 0.6) is 0 Å². The summed E-state index contributed by atoms with van der Waals surface area (Å²) >= 11 is 5.88. The highest BCUT2D eigenvalue weighted by molar-refractivity contribution is 6.30. The Kier molecular flexibility index (Phi) is 8.39. The van der Waals surface area contributed by atoms with Crippen LogP contribution in [0.25, 0.3) is 0 Å². The Morgan fingerprint density at radius 3 is 2.37 bits per heavy atom. The normalized spacial score (nSPS) is 21.3. The Morgan fingerprint density at radius 2 is 1.78 bits per heavy atom. The molecule has 1 aromatic rings. The Morgan fingerprint density at radius 1 is 1.15 bits per heavy atom. The van der Waals surface area contributed by atoms with Crippen molar-refractivity contribution in [2.75, 3.05) is 39.3 Å². The van der Waals surface area contributed by atoms with E-state index in [-0.39, 0.29) is 24.2 Å². The summed E-state index contributed by atoms with van der Waals surface area (Å²) < 4.78 is 0. The molecule has 2 saturated heterocycles. The van der Waals surface area contributed by atoms with Gasteiger partial charge in [-0.1, -0.05) is 18.5 Å². The van der Waals surface area contributed by atoms with E-state index in [0.29, 0.717) is 55.0 Å². The van der Waals surface area contributed by atoms with Crippen molar-refractivity contribution in [2.45, 2.75) is 26.2 Å². The molecule has 1 aromatic carbocycles. The minimum Gasteiger partial charge on any atom is -0.339 e. The van der Waals surface area contributed by atoms with Crippen LogP contribution in [0, 0.1) is 11.8 Å². The predicted molar refractivity (Wildman–Crippen MR) is 111 cm³/mol. The number of benzene rings is 1. The summed E-state index contributed by atoms with van der Waals surface area (Å²) in [7, 11) is 0. The molecule has 1 N–H and O–H groups in total. The first-order chi connectivity index (χ1) is 12.5. The van der Waals surface area contributed by atoms with Gasteiger partial charge in [-0.3, -0.25) is 9.59 Å². The quantitative estimate of drug-likeness (QED) is 0.824. The van der Waals surface area contributed by atoms with Crippen LogP contribution in [0.3, 0.4) is 0 Å². The lowest BCUT2D eigenvalue weighted by Crippen LogP contribution is -2.51. The van der Waals surface area contributed by atoms with Gasteiger partial charge in [0.1, 0.15) is 0 Å². The van der Waals surface area contributed by atoms with Gasteiger partial charge in [-0.15, -0.1) is 12.4 Å². The maximum atomic E-state index is 12.6. The van der Waals surface area contributed by atoms with E-state index < -0.39 is 0 Å². The molecule has 0 spiro atoms. The van der Waals surface area contributed by atoms with E-state index in [1.54, 1.807) is 24.3 Å². The van der Waals surface area contributed by atoms with Crippen molar-refractivity contribution >= 4 is 35.8 Å². The number of nitrogens with zero attached hydrogens (tertiary/aromatic N) is 2. The zero-order valence-corrected chi connectivity index (χ0v) is 17.4. The molecule has 27 heavy (non-hydrogen) atoms. The highest BCUT2D eigenvalue weighted by Crippen LogP contribution is 2.23. The zero-order valence-electron chi connectivity index (χ0n) is 15.8. The topological polar surface area (TPSA) is 52.7 Å². The molecule has 0 aromatic heterocycles. The SMILES string of the molecule is CC(CC(=O)N1CCN(C(=O)c2ccc(Cl)cc2)CC1)C1CCCNC1.Cl. The van der Waals surface area contributed by atoms with Gasteiger partial charge < -0.3 is 15.1 Å². The van der Waals surface area contributed by atoms with Crippen LogP contribution in [0.4, 0.5) is 0 Å². The van der Waals surface area contributed by atoms with Crippen LogP contribution >= 0.6 is 24.0 Å². The number of rotatable bonds is 4. The number of piperidine rings is 1. The molecule has 3 rings (SSSR count). The average Bonchev–Trinajstić information content (AvgIpc) is 2.69. The van der Waals surface area contributed by atoms with E-state index in [0.717, 1.165) is 13.1 Å². The molecule has 2 fully saturated rings. The van der Waals surface area contributed by atoms with Crippen LogP contribution in [-0.4, -0.2) is 60.9 Å². The number of piperazine rings is 1. The van der Waals surface area contributed by atoms with Crippen LogP contribution < -0.4 is 5.32 Å². The van der Waals surface area contributed by atoms with Gasteiger partial charge in [-0.25, -0.2) is 0 Å². The van der Waals surface area contributed by atoms with Crippen LogP contribution in [0.1, 0.15) is 36.5 Å². The number of amides is 2. The standard InChI is InChI=1S/C20H28ClN3O2.ClH/c1-15(17-3-2-8-22-14-17)13-19(25)23-9-11-24(12-10-23)20(26)16-4-6-18(21)7-5-16;/h4-7,15,17,22H,2-3,8-14H2,1H3;1H. The van der Waals surface area contributed by atoms with Crippen molar-refractivity contribution in [3.63, 3.8) is 0 Å². The second-order valence-corrected chi connectivity index (χ2v) is 7.90. The molecule has 2 amide bonds. The molecule has 2 aliphatic heterocycles. The van der Waals surface area contributed by atoms with E-state index in [1.165, 1.54) is 12.8 Å². The van der Waals surface area contributed by atoms with Crippen molar-refractivity contribution in [2.24, 2.45) is 11.8 Å². The van der Waals surface area contributed by atoms with Gasteiger partial charge in [-0.05, 0) is 62.0 Å². The van der Waals surface area contributed by atoms with Gasteiger partial charge >= 0.3 is 0 Å². The van der Waals surface area contributed by atoms with Crippen LogP contribution in [-0.2, 0) is 4.79 Å². The van der Waals surface area contributed by atoms with Gasteiger partial charge in [0, 0.05) is 43.2 Å². The number of hydrogen-bond acceptors (Lipinski definition) is 3. The van der Waals surface area contributed by atoms with Crippen molar-refractivity contribution in [3.05, 3.63) is 34.9 Å². The third-order valence-electron chi connectivity index (χ3n) is 5.65. The fourth-order valence-corrected chi connectivity index (χ4v) is 4.00. The second kappa shape index (κ2) is 10.3. The van der Waals surface area contributed by atoms with Crippen LogP contribution in [0.2, 0.25) is 5.02 Å². The molecular weight excluding hydrogens is 385 g/mol. The first-order valence-electron chi connectivity index (χ1n) is 9.58. The summed E-state index contributed by atoms with van der Waals surface area (Å²) in [5.41, 5.74) is 0.646. The molecule has 5 nitrogen and oxygen atoms in total. The first-order valence-corrected chi connectivity index (χ1v) is 9.95. The lowest BCUT2D eigenvalue weighted by atomic mass is 9.85. The fourth-order valence-electron chi connectivity index (χ4n) is 3.87. The lowest BCUT2D eigenvalue weighted by Gasteiger charge is -2.36. The third-order valence-corrected chi connectivity index (χ3v) is 5.90. The second-order valence-electron chi connectivity index (χ2n) is 7.47. The molecule has 2 heterocycles. The molecule has 2 aliphatic rings. The minimum atomic E-state index is 0. The molecule has 0 bridgehead atoms. The maximum absolute atomic E-state index is 12.6. The van der Waals surface area contributed by atoms with Crippen molar-refractivity contribution in [1.29, 1.82) is 0 Å². The molecular formula is C20H29Cl2N3O2. The Balaban J connectivity index is 0.00000261. The Bertz CT molecular complexity index is 625. The minimum absolute atomic E-state index is 0. The monoisotopic (exact) mass is 413 g/mol. The van der Waals surface area contributed by atoms with E-state index in [9.17, 15) is 9.59 Å². The first kappa shape index (κ1) is 22.0. The number of carbonyl (C=O) groups excluding carboxylic acids is 2. The van der Waals surface area contributed by atoms with Gasteiger partial charge in [-0.2, -0.15) is 0 Å². The Hall–Kier alpha value is -1.30. The summed E-state index contributed by atoms with van der Waals surface area (Å²) in [5.74, 6) is 1.24. The molecule has 0 saturated carbocycles. The summed E-state index contributed by atoms with van der Waals surface area (Å²) in [5, 5.41) is 4.05. The lowest BCUT2D eigenvalue weighted by molar-refractivity contribution is -0.134. The van der Waals surface area contributed by atoms with Crippen molar-refractivity contribution in [3.8, 4) is 0 Å². The number of hydrogen-bond donors (Lipinski definition) is 1. The summed E-state index contributed by atoms with van der Waals surface area (Å²) in [6, 6.07) is 6.97. The highest BCUT2D eigenvalue weighted by atomic mass is 35.5. The number of carbonyl (C=O) groups is 2.